The Morgan fingerprint density at radius 3 is 2.41 bits per heavy atom. The molecule has 7 heteroatoms. The summed E-state index contributed by atoms with van der Waals surface area (Å²) in [5.41, 5.74) is -0.567. The maximum Gasteiger partial charge on any atom is 0.408 e. The molecular weight excluding hydrogens is 246 g/mol. The number of ether oxygens (including phenoxy) is 1. The van der Waals surface area contributed by atoms with Crippen LogP contribution in [-0.2, 0) is 14.9 Å². The number of hydrogen-bond donors (Lipinski definition) is 2. The van der Waals surface area contributed by atoms with Gasteiger partial charge in [-0.05, 0) is 20.8 Å². The van der Waals surface area contributed by atoms with E-state index in [1.807, 2.05) is 0 Å². The number of alkyl carbamates (subject to hydrolysis) is 1. The minimum atomic E-state index is -3.97. The van der Waals surface area contributed by atoms with Gasteiger partial charge in [0, 0.05) is 6.42 Å². The molecule has 2 N–H and O–H groups in total. The highest BCUT2D eigenvalue weighted by Gasteiger charge is 2.14. The number of rotatable bonds is 3. The highest BCUT2D eigenvalue weighted by Crippen LogP contribution is 2.05. The number of nitrogens with one attached hydrogen (secondary N) is 1. The average molecular weight is 263 g/mol. The molecule has 0 radical (unpaired) electrons. The van der Waals surface area contributed by atoms with Crippen molar-refractivity contribution in [3.05, 3.63) is 0 Å². The quantitative estimate of drug-likeness (QED) is 0.580. The fourth-order valence-corrected chi connectivity index (χ4v) is 1.12. The number of hydrogen-bond acceptors (Lipinski definition) is 4. The van der Waals surface area contributed by atoms with Gasteiger partial charge in [-0.1, -0.05) is 5.92 Å². The molecule has 0 heterocycles. The highest BCUT2D eigenvalue weighted by atomic mass is 32.2. The van der Waals surface area contributed by atoms with Crippen LogP contribution in [0.3, 0.4) is 0 Å². The van der Waals surface area contributed by atoms with Gasteiger partial charge in [-0.3, -0.25) is 4.55 Å². The monoisotopic (exact) mass is 263 g/mol. The van der Waals surface area contributed by atoms with E-state index in [1.165, 1.54) is 0 Å². The van der Waals surface area contributed by atoms with E-state index in [0.717, 1.165) is 0 Å². The Kier molecular flexibility index (Phi) is 5.99. The van der Waals surface area contributed by atoms with Gasteiger partial charge < -0.3 is 10.1 Å². The second kappa shape index (κ2) is 6.47. The molecule has 0 aliphatic heterocycles. The molecule has 0 aromatic rings. The fourth-order valence-electron chi connectivity index (χ4n) is 0.761. The lowest BCUT2D eigenvalue weighted by Gasteiger charge is -2.18. The summed E-state index contributed by atoms with van der Waals surface area (Å²) in [6, 6.07) is 0. The zero-order valence-electron chi connectivity index (χ0n) is 10.1. The number of carbonyl (C=O) groups excluding carboxylic acids is 1. The van der Waals surface area contributed by atoms with Crippen LogP contribution >= 0.6 is 0 Å². The molecule has 0 aliphatic rings. The van der Waals surface area contributed by atoms with Crippen LogP contribution in [0.5, 0.6) is 0 Å². The second-order valence-corrected chi connectivity index (χ2v) is 5.82. The van der Waals surface area contributed by atoms with E-state index >= 15 is 0 Å². The lowest BCUT2D eigenvalue weighted by Crippen LogP contribution is -2.32. The molecule has 0 aromatic carbocycles. The lowest BCUT2D eigenvalue weighted by atomic mass is 10.2. The Morgan fingerprint density at radius 1 is 1.35 bits per heavy atom. The standard InChI is InChI=1S/C10H17NO5S/c1-10(2,3)16-9(12)11-7-5-4-6-8-17(13,14)15/h6-8H2,1-3H3,(H,11,12)(H,13,14,15). The topological polar surface area (TPSA) is 92.7 Å². The first-order valence-electron chi connectivity index (χ1n) is 4.98. The zero-order chi connectivity index (χ0) is 13.5. The van der Waals surface area contributed by atoms with E-state index in [2.05, 4.69) is 17.2 Å². The SMILES string of the molecule is CC(C)(C)OC(=O)NCC#CCCS(=O)(=O)O. The zero-order valence-corrected chi connectivity index (χ0v) is 10.9. The Balaban J connectivity index is 3.78. The molecule has 98 valence electrons. The van der Waals surface area contributed by atoms with Crippen LogP contribution in [0.1, 0.15) is 27.2 Å². The number of amides is 1. The smallest absolute Gasteiger partial charge is 0.408 e. The van der Waals surface area contributed by atoms with Crippen LogP contribution < -0.4 is 5.32 Å². The Bertz CT molecular complexity index is 410. The largest absolute Gasteiger partial charge is 0.444 e. The first kappa shape index (κ1) is 15.7. The highest BCUT2D eigenvalue weighted by molar-refractivity contribution is 7.85. The minimum Gasteiger partial charge on any atom is -0.444 e. The van der Waals surface area contributed by atoms with Crippen molar-refractivity contribution >= 4 is 16.2 Å². The van der Waals surface area contributed by atoms with E-state index in [4.69, 9.17) is 9.29 Å². The molecule has 1 amide bonds. The summed E-state index contributed by atoms with van der Waals surface area (Å²) in [6.07, 6.45) is -0.559. The molecule has 0 aromatic heterocycles. The van der Waals surface area contributed by atoms with Crippen LogP contribution in [0.4, 0.5) is 4.79 Å². The molecule has 17 heavy (non-hydrogen) atoms. The van der Waals surface area contributed by atoms with E-state index in [9.17, 15) is 13.2 Å². The van der Waals surface area contributed by atoms with E-state index in [1.54, 1.807) is 20.8 Å². The molecule has 6 nitrogen and oxygen atoms in total. The first-order valence-corrected chi connectivity index (χ1v) is 6.59. The Morgan fingerprint density at radius 2 is 1.94 bits per heavy atom. The number of carbonyl (C=O) groups is 1. The van der Waals surface area contributed by atoms with Crippen LogP contribution in [0.25, 0.3) is 0 Å². The van der Waals surface area contributed by atoms with Gasteiger partial charge in [-0.15, -0.1) is 5.92 Å². The van der Waals surface area contributed by atoms with Crippen molar-refractivity contribution in [2.75, 3.05) is 12.3 Å². The molecule has 0 atom stereocenters. The van der Waals surface area contributed by atoms with Crippen molar-refractivity contribution in [2.45, 2.75) is 32.8 Å². The van der Waals surface area contributed by atoms with Crippen molar-refractivity contribution in [3.63, 3.8) is 0 Å². The maximum atomic E-state index is 11.1. The summed E-state index contributed by atoms with van der Waals surface area (Å²) in [7, 11) is -3.97. The summed E-state index contributed by atoms with van der Waals surface area (Å²) >= 11 is 0. The first-order chi connectivity index (χ1) is 7.60. The third-order valence-electron chi connectivity index (χ3n) is 1.33. The second-order valence-electron chi connectivity index (χ2n) is 4.25. The fraction of sp³-hybridized carbons (Fsp3) is 0.700. The average Bonchev–Trinajstić information content (AvgIpc) is 2.06. The Labute approximate surface area is 101 Å². The van der Waals surface area contributed by atoms with Gasteiger partial charge >= 0.3 is 6.09 Å². The lowest BCUT2D eigenvalue weighted by molar-refractivity contribution is 0.0535. The van der Waals surface area contributed by atoms with Gasteiger partial charge in [0.15, 0.2) is 0 Å². The van der Waals surface area contributed by atoms with Gasteiger partial charge in [-0.2, -0.15) is 8.42 Å². The van der Waals surface area contributed by atoms with Gasteiger partial charge in [0.25, 0.3) is 10.1 Å². The van der Waals surface area contributed by atoms with Crippen LogP contribution in [-0.4, -0.2) is 37.0 Å². The van der Waals surface area contributed by atoms with E-state index in [0.29, 0.717) is 0 Å². The normalized spacial score (nSPS) is 11.3. The van der Waals surface area contributed by atoms with E-state index < -0.39 is 27.6 Å². The van der Waals surface area contributed by atoms with Crippen molar-refractivity contribution in [3.8, 4) is 11.8 Å². The van der Waals surface area contributed by atoms with Crippen LogP contribution in [0.2, 0.25) is 0 Å². The van der Waals surface area contributed by atoms with Crippen molar-refractivity contribution in [2.24, 2.45) is 0 Å². The van der Waals surface area contributed by atoms with E-state index in [-0.39, 0.29) is 13.0 Å². The van der Waals surface area contributed by atoms with Gasteiger partial charge in [0.05, 0.1) is 12.3 Å². The van der Waals surface area contributed by atoms with Crippen molar-refractivity contribution in [1.29, 1.82) is 0 Å². The predicted octanol–water partition coefficient (Wildman–Crippen LogP) is 0.792. The molecule has 0 spiro atoms. The third kappa shape index (κ3) is 12.7. The maximum absolute atomic E-state index is 11.1. The molecule has 0 rings (SSSR count). The molecule has 0 bridgehead atoms. The van der Waals surface area contributed by atoms with Crippen LogP contribution in [0, 0.1) is 11.8 Å². The Hall–Kier alpha value is -1.26. The molecular formula is C10H17NO5S. The summed E-state index contributed by atoms with van der Waals surface area (Å²) in [5.74, 6) is 4.63. The van der Waals surface area contributed by atoms with Gasteiger partial charge in [0.2, 0.25) is 0 Å². The summed E-state index contributed by atoms with van der Waals surface area (Å²) in [4.78, 5) is 11.1. The van der Waals surface area contributed by atoms with Crippen LogP contribution in [0.15, 0.2) is 0 Å². The third-order valence-corrected chi connectivity index (χ3v) is 2.05. The minimum absolute atomic E-state index is 0.0227. The van der Waals surface area contributed by atoms with Crippen molar-refractivity contribution < 1.29 is 22.5 Å². The van der Waals surface area contributed by atoms with Gasteiger partial charge in [-0.25, -0.2) is 4.79 Å². The molecule has 0 unspecified atom stereocenters. The molecule has 0 aliphatic carbocycles. The molecule has 0 fully saturated rings. The summed E-state index contributed by atoms with van der Waals surface area (Å²) in [5, 5.41) is 2.39. The molecule has 0 saturated carbocycles. The summed E-state index contributed by atoms with van der Waals surface area (Å²) < 4.78 is 34.0. The molecule has 0 saturated heterocycles. The summed E-state index contributed by atoms with van der Waals surface area (Å²) in [6.45, 7) is 5.29. The predicted molar refractivity (Wildman–Crippen MR) is 63.0 cm³/mol. The van der Waals surface area contributed by atoms with Crippen molar-refractivity contribution in [1.82, 2.24) is 5.32 Å². The van der Waals surface area contributed by atoms with Gasteiger partial charge in [0.1, 0.15) is 5.60 Å².